The minimum atomic E-state index is -0.616. The molecule has 0 radical (unpaired) electrons. The largest absolute Gasteiger partial charge is 0.360 e. The minimum absolute atomic E-state index is 0.00341. The summed E-state index contributed by atoms with van der Waals surface area (Å²) in [5.41, 5.74) is 1.69. The van der Waals surface area contributed by atoms with Crippen molar-refractivity contribution in [1.82, 2.24) is 20.3 Å². The van der Waals surface area contributed by atoms with E-state index in [1.165, 1.54) is 0 Å². The molecule has 0 saturated carbocycles. The highest BCUT2D eigenvalue weighted by Crippen LogP contribution is 2.22. The molecule has 3 amide bonds. The van der Waals surface area contributed by atoms with Crippen molar-refractivity contribution in [2.45, 2.75) is 53.0 Å². The Morgan fingerprint density at radius 3 is 2.20 bits per heavy atom. The molecule has 0 aliphatic carbocycles. The molecule has 1 aromatic carbocycles. The van der Waals surface area contributed by atoms with Crippen LogP contribution < -0.4 is 10.6 Å². The van der Waals surface area contributed by atoms with Gasteiger partial charge < -0.3 is 20.1 Å². The molecule has 2 N–H and O–H groups in total. The van der Waals surface area contributed by atoms with Crippen LogP contribution in [0.25, 0.3) is 0 Å². The van der Waals surface area contributed by atoms with Gasteiger partial charge in [-0.15, -0.1) is 0 Å². The summed E-state index contributed by atoms with van der Waals surface area (Å²) in [6.45, 7) is 14.3. The number of hydrogen-bond donors (Lipinski definition) is 2. The number of rotatable bonds is 7. The second-order valence-electron chi connectivity index (χ2n) is 10.5. The minimum Gasteiger partial charge on any atom is -0.360 e. The number of amides is 3. The van der Waals surface area contributed by atoms with E-state index in [-0.39, 0.29) is 35.6 Å². The van der Waals surface area contributed by atoms with E-state index in [0.29, 0.717) is 43.3 Å². The highest BCUT2D eigenvalue weighted by Gasteiger charge is 2.31. The number of aromatic nitrogens is 1. The molecule has 9 heteroatoms. The van der Waals surface area contributed by atoms with Gasteiger partial charge in [-0.2, -0.15) is 0 Å². The van der Waals surface area contributed by atoms with Crippen molar-refractivity contribution in [3.05, 3.63) is 47.2 Å². The van der Waals surface area contributed by atoms with Crippen molar-refractivity contribution < 1.29 is 18.9 Å². The molecule has 1 aliphatic rings. The van der Waals surface area contributed by atoms with Crippen molar-refractivity contribution in [2.75, 3.05) is 38.0 Å². The molecule has 0 spiro atoms. The number of aryl methyl sites for hydroxylation is 1. The molecule has 1 aromatic heterocycles. The SMILES string of the molecule is Cc1cc(NC(=O)CN2CCN(C(=O)[C@@H](NC(=O)c3ccc(C(C)(C)C)cc3)C(C)C)CC2)no1. The Morgan fingerprint density at radius 2 is 1.69 bits per heavy atom. The van der Waals surface area contributed by atoms with E-state index < -0.39 is 6.04 Å². The Labute approximate surface area is 207 Å². The maximum atomic E-state index is 13.3. The second-order valence-corrected chi connectivity index (χ2v) is 10.5. The highest BCUT2D eigenvalue weighted by molar-refractivity contribution is 5.97. The summed E-state index contributed by atoms with van der Waals surface area (Å²) in [4.78, 5) is 42.2. The van der Waals surface area contributed by atoms with Gasteiger partial charge in [-0.3, -0.25) is 19.3 Å². The molecule has 0 bridgehead atoms. The summed E-state index contributed by atoms with van der Waals surface area (Å²) in [6.07, 6.45) is 0. The first-order valence-corrected chi connectivity index (χ1v) is 12.1. The van der Waals surface area contributed by atoms with Crippen LogP contribution in [0.15, 0.2) is 34.9 Å². The number of anilines is 1. The van der Waals surface area contributed by atoms with E-state index in [9.17, 15) is 14.4 Å². The number of piperazine rings is 1. The number of benzene rings is 1. The Hall–Kier alpha value is -3.20. The van der Waals surface area contributed by atoms with Crippen molar-refractivity contribution in [3.8, 4) is 0 Å². The third-order valence-electron chi connectivity index (χ3n) is 6.18. The first-order valence-electron chi connectivity index (χ1n) is 12.1. The normalized spacial score (nSPS) is 15.7. The number of nitrogens with zero attached hydrogens (tertiary/aromatic N) is 3. The molecule has 1 aliphatic heterocycles. The third kappa shape index (κ3) is 7.14. The lowest BCUT2D eigenvalue weighted by molar-refractivity contribution is -0.136. The van der Waals surface area contributed by atoms with Crippen LogP contribution in [0.1, 0.15) is 56.3 Å². The molecular formula is C26H37N5O4. The van der Waals surface area contributed by atoms with E-state index in [1.807, 2.05) is 43.0 Å². The summed E-state index contributed by atoms with van der Waals surface area (Å²) in [5.74, 6) is 0.432. The lowest BCUT2D eigenvalue weighted by Gasteiger charge is -2.37. The molecule has 9 nitrogen and oxygen atoms in total. The molecule has 0 unspecified atom stereocenters. The topological polar surface area (TPSA) is 108 Å². The van der Waals surface area contributed by atoms with E-state index in [2.05, 4.69) is 36.6 Å². The monoisotopic (exact) mass is 483 g/mol. The lowest BCUT2D eigenvalue weighted by atomic mass is 9.86. The first kappa shape index (κ1) is 26.4. The summed E-state index contributed by atoms with van der Waals surface area (Å²) < 4.78 is 4.96. The number of nitrogens with one attached hydrogen (secondary N) is 2. The van der Waals surface area contributed by atoms with Crippen LogP contribution in [0.2, 0.25) is 0 Å². The zero-order chi connectivity index (χ0) is 25.8. The molecular weight excluding hydrogens is 446 g/mol. The average molecular weight is 484 g/mol. The van der Waals surface area contributed by atoms with Gasteiger partial charge in [-0.25, -0.2) is 0 Å². The van der Waals surface area contributed by atoms with Gasteiger partial charge in [0.25, 0.3) is 5.91 Å². The van der Waals surface area contributed by atoms with E-state index in [0.717, 1.165) is 5.56 Å². The molecule has 35 heavy (non-hydrogen) atoms. The van der Waals surface area contributed by atoms with E-state index >= 15 is 0 Å². The summed E-state index contributed by atoms with van der Waals surface area (Å²) in [5, 5.41) is 9.42. The molecule has 2 aromatic rings. The Kier molecular flexibility index (Phi) is 8.32. The van der Waals surface area contributed by atoms with Crippen molar-refractivity contribution in [1.29, 1.82) is 0 Å². The number of hydrogen-bond acceptors (Lipinski definition) is 6. The van der Waals surface area contributed by atoms with E-state index in [1.54, 1.807) is 17.9 Å². The van der Waals surface area contributed by atoms with Crippen LogP contribution in [0, 0.1) is 12.8 Å². The molecule has 1 saturated heterocycles. The van der Waals surface area contributed by atoms with Gasteiger partial charge in [-0.05, 0) is 36.0 Å². The predicted octanol–water partition coefficient (Wildman–Crippen LogP) is 2.82. The summed E-state index contributed by atoms with van der Waals surface area (Å²) >= 11 is 0. The summed E-state index contributed by atoms with van der Waals surface area (Å²) in [7, 11) is 0. The fourth-order valence-corrected chi connectivity index (χ4v) is 3.99. The number of carbonyl (C=O) groups is 3. The average Bonchev–Trinajstić information content (AvgIpc) is 3.20. The lowest BCUT2D eigenvalue weighted by Crippen LogP contribution is -2.57. The van der Waals surface area contributed by atoms with Gasteiger partial charge in [0.15, 0.2) is 5.82 Å². The maximum absolute atomic E-state index is 13.3. The summed E-state index contributed by atoms with van der Waals surface area (Å²) in [6, 6.07) is 8.58. The van der Waals surface area contributed by atoms with Crippen LogP contribution in [-0.4, -0.2) is 71.4 Å². The first-order chi connectivity index (χ1) is 16.4. The molecule has 1 atom stereocenters. The van der Waals surface area contributed by atoms with Gasteiger partial charge in [0, 0.05) is 37.8 Å². The Morgan fingerprint density at radius 1 is 1.06 bits per heavy atom. The second kappa shape index (κ2) is 11.0. The van der Waals surface area contributed by atoms with Crippen LogP contribution in [0.5, 0.6) is 0 Å². The fourth-order valence-electron chi connectivity index (χ4n) is 3.99. The van der Waals surface area contributed by atoms with Crippen LogP contribution in [0.3, 0.4) is 0 Å². The quantitative estimate of drug-likeness (QED) is 0.627. The van der Waals surface area contributed by atoms with Gasteiger partial charge >= 0.3 is 0 Å². The zero-order valence-corrected chi connectivity index (χ0v) is 21.6. The molecule has 3 rings (SSSR count). The third-order valence-corrected chi connectivity index (χ3v) is 6.18. The smallest absolute Gasteiger partial charge is 0.251 e. The standard InChI is InChI=1S/C26H37N5O4/c1-17(2)23(28-24(33)19-7-9-20(10-8-19)26(4,5)6)25(34)31-13-11-30(12-14-31)16-22(32)27-21-15-18(3)35-29-21/h7-10,15,17,23H,11-14,16H2,1-6H3,(H,28,33)(H,27,29,32)/t23-/m0/s1. The van der Waals surface area contributed by atoms with Crippen molar-refractivity contribution in [3.63, 3.8) is 0 Å². The predicted molar refractivity (Wildman–Crippen MR) is 134 cm³/mol. The molecule has 190 valence electrons. The van der Waals surface area contributed by atoms with Gasteiger partial charge in [-0.1, -0.05) is 51.9 Å². The highest BCUT2D eigenvalue weighted by atomic mass is 16.5. The van der Waals surface area contributed by atoms with Gasteiger partial charge in [0.05, 0.1) is 6.54 Å². The Balaban J connectivity index is 1.53. The fraction of sp³-hybridized carbons (Fsp3) is 0.538. The van der Waals surface area contributed by atoms with Crippen LogP contribution in [-0.2, 0) is 15.0 Å². The molecule has 1 fully saturated rings. The molecule has 2 heterocycles. The Bertz CT molecular complexity index is 1030. The number of carbonyl (C=O) groups excluding carboxylic acids is 3. The van der Waals surface area contributed by atoms with Gasteiger partial charge in [0.1, 0.15) is 11.8 Å². The van der Waals surface area contributed by atoms with E-state index in [4.69, 9.17) is 4.52 Å². The van der Waals surface area contributed by atoms with Gasteiger partial charge in [0.2, 0.25) is 11.8 Å². The maximum Gasteiger partial charge on any atom is 0.251 e. The van der Waals surface area contributed by atoms with Crippen LogP contribution in [0.4, 0.5) is 5.82 Å². The van der Waals surface area contributed by atoms with Crippen molar-refractivity contribution in [2.24, 2.45) is 5.92 Å². The van der Waals surface area contributed by atoms with Crippen molar-refractivity contribution >= 4 is 23.5 Å². The van der Waals surface area contributed by atoms with Crippen LogP contribution >= 0.6 is 0 Å². The zero-order valence-electron chi connectivity index (χ0n) is 21.6.